The molecule has 7 heteroatoms. The van der Waals surface area contributed by atoms with E-state index in [4.69, 9.17) is 4.74 Å². The summed E-state index contributed by atoms with van der Waals surface area (Å²) in [6.45, 7) is 3.27. The van der Waals surface area contributed by atoms with Crippen molar-refractivity contribution in [2.45, 2.75) is 32.4 Å². The summed E-state index contributed by atoms with van der Waals surface area (Å²) in [6.07, 6.45) is 6.31. The van der Waals surface area contributed by atoms with Crippen LogP contribution in [0.5, 0.6) is 0 Å². The first-order valence-corrected chi connectivity index (χ1v) is 9.40. The van der Waals surface area contributed by atoms with Crippen LogP contribution in [-0.4, -0.2) is 45.0 Å². The van der Waals surface area contributed by atoms with Crippen molar-refractivity contribution in [1.82, 2.24) is 19.9 Å². The average Bonchev–Trinajstić information content (AvgIpc) is 3.22. The van der Waals surface area contributed by atoms with Crippen LogP contribution in [0.25, 0.3) is 10.9 Å². The van der Waals surface area contributed by atoms with Crippen molar-refractivity contribution in [1.29, 1.82) is 0 Å². The Morgan fingerprint density at radius 1 is 1.36 bits per heavy atom. The van der Waals surface area contributed by atoms with Crippen LogP contribution in [0.2, 0.25) is 0 Å². The number of carbonyl (C=O) groups is 1. The number of ether oxygens (including phenoxy) is 1. The van der Waals surface area contributed by atoms with E-state index in [2.05, 4.69) is 15.0 Å². The Balaban J connectivity index is 1.67. The molecular formula is C21H22N4O3. The van der Waals surface area contributed by atoms with Crippen molar-refractivity contribution < 1.29 is 9.53 Å². The lowest BCUT2D eigenvalue weighted by atomic mass is 10.1. The fourth-order valence-corrected chi connectivity index (χ4v) is 3.58. The van der Waals surface area contributed by atoms with E-state index in [0.29, 0.717) is 18.7 Å². The molecule has 0 spiro atoms. The number of fused-ring (bicyclic) bond motifs is 1. The number of nitrogens with zero attached hydrogens (tertiary/aromatic N) is 3. The van der Waals surface area contributed by atoms with Gasteiger partial charge in [0.05, 0.1) is 24.4 Å². The molecule has 3 heterocycles. The summed E-state index contributed by atoms with van der Waals surface area (Å²) < 4.78 is 5.71. The highest BCUT2D eigenvalue weighted by Crippen LogP contribution is 2.18. The molecule has 1 saturated heterocycles. The first-order chi connectivity index (χ1) is 13.6. The Kier molecular flexibility index (Phi) is 5.16. The van der Waals surface area contributed by atoms with Crippen molar-refractivity contribution >= 4 is 16.8 Å². The van der Waals surface area contributed by atoms with Crippen LogP contribution >= 0.6 is 0 Å². The molecule has 144 valence electrons. The second-order valence-electron chi connectivity index (χ2n) is 7.07. The second-order valence-corrected chi connectivity index (χ2v) is 7.07. The molecular weight excluding hydrogens is 356 g/mol. The summed E-state index contributed by atoms with van der Waals surface area (Å²) in [5.41, 5.74) is 2.43. The van der Waals surface area contributed by atoms with Crippen molar-refractivity contribution in [3.05, 3.63) is 70.0 Å². The Hall–Kier alpha value is -3.06. The number of nitrogens with one attached hydrogen (secondary N) is 1. The molecule has 7 nitrogen and oxygen atoms in total. The fraction of sp³-hybridized carbons (Fsp3) is 0.333. The van der Waals surface area contributed by atoms with Crippen molar-refractivity contribution in [2.24, 2.45) is 0 Å². The highest BCUT2D eigenvalue weighted by molar-refractivity contribution is 5.92. The van der Waals surface area contributed by atoms with Crippen molar-refractivity contribution in [3.63, 3.8) is 0 Å². The van der Waals surface area contributed by atoms with Crippen LogP contribution in [0.1, 0.15) is 34.5 Å². The van der Waals surface area contributed by atoms with E-state index in [-0.39, 0.29) is 29.8 Å². The summed E-state index contributed by atoms with van der Waals surface area (Å²) in [5.74, 6) is -0.257. The van der Waals surface area contributed by atoms with Crippen LogP contribution in [0, 0.1) is 6.92 Å². The largest absolute Gasteiger partial charge is 0.376 e. The quantitative estimate of drug-likeness (QED) is 0.737. The summed E-state index contributed by atoms with van der Waals surface area (Å²) in [7, 11) is 0. The molecule has 1 aromatic carbocycles. The van der Waals surface area contributed by atoms with E-state index >= 15 is 0 Å². The predicted molar refractivity (Wildman–Crippen MR) is 105 cm³/mol. The van der Waals surface area contributed by atoms with Gasteiger partial charge < -0.3 is 14.6 Å². The normalized spacial score (nSPS) is 16.4. The number of para-hydroxylation sites is 1. The Morgan fingerprint density at radius 3 is 3.00 bits per heavy atom. The van der Waals surface area contributed by atoms with Gasteiger partial charge in [0.15, 0.2) is 0 Å². The number of benzene rings is 1. The fourth-order valence-electron chi connectivity index (χ4n) is 3.58. The molecule has 0 saturated carbocycles. The third-order valence-corrected chi connectivity index (χ3v) is 5.04. The Labute approximate surface area is 162 Å². The number of pyridine rings is 1. The van der Waals surface area contributed by atoms with E-state index in [1.54, 1.807) is 4.90 Å². The molecule has 1 fully saturated rings. The number of aryl methyl sites for hydroxylation is 1. The monoisotopic (exact) mass is 378 g/mol. The lowest BCUT2D eigenvalue weighted by Crippen LogP contribution is -2.38. The number of hydrogen-bond acceptors (Lipinski definition) is 5. The topological polar surface area (TPSA) is 88.2 Å². The Morgan fingerprint density at radius 2 is 2.25 bits per heavy atom. The molecule has 4 rings (SSSR count). The maximum Gasteiger partial charge on any atom is 0.274 e. The molecule has 1 N–H and O–H groups in total. The number of aromatic amines is 1. The minimum absolute atomic E-state index is 0.0256. The summed E-state index contributed by atoms with van der Waals surface area (Å²) in [6, 6.07) is 7.72. The van der Waals surface area contributed by atoms with E-state index < -0.39 is 0 Å². The van der Waals surface area contributed by atoms with E-state index in [1.165, 1.54) is 18.6 Å². The maximum absolute atomic E-state index is 13.0. The van der Waals surface area contributed by atoms with Crippen LogP contribution in [0.4, 0.5) is 0 Å². The van der Waals surface area contributed by atoms with Gasteiger partial charge in [-0.05, 0) is 36.8 Å². The number of carbonyl (C=O) groups excluding carboxylic acids is 1. The van der Waals surface area contributed by atoms with Crippen LogP contribution in [0.3, 0.4) is 0 Å². The molecule has 1 aliphatic heterocycles. The van der Waals surface area contributed by atoms with Gasteiger partial charge in [-0.25, -0.2) is 4.98 Å². The summed E-state index contributed by atoms with van der Waals surface area (Å²) in [5, 5.41) is 0.943. The van der Waals surface area contributed by atoms with Gasteiger partial charge >= 0.3 is 0 Å². The minimum Gasteiger partial charge on any atom is -0.376 e. The second kappa shape index (κ2) is 7.90. The molecule has 1 atom stereocenters. The molecule has 2 aromatic heterocycles. The lowest BCUT2D eigenvalue weighted by molar-refractivity contribution is 0.0501. The van der Waals surface area contributed by atoms with Gasteiger partial charge in [-0.15, -0.1) is 0 Å². The first kappa shape index (κ1) is 18.3. The lowest BCUT2D eigenvalue weighted by Gasteiger charge is -2.25. The molecule has 3 aromatic rings. The van der Waals surface area contributed by atoms with Crippen LogP contribution in [0.15, 0.2) is 47.7 Å². The molecule has 0 bridgehead atoms. The Bertz CT molecular complexity index is 1040. The van der Waals surface area contributed by atoms with E-state index in [1.807, 2.05) is 31.2 Å². The molecule has 1 aliphatic rings. The SMILES string of the molecule is Cc1cccc2cc(CN(C[C@@H]3CCCO3)C(=O)c3cnccn3)c(=O)[nH]c12. The van der Waals surface area contributed by atoms with Crippen LogP contribution in [-0.2, 0) is 11.3 Å². The highest BCUT2D eigenvalue weighted by atomic mass is 16.5. The van der Waals surface area contributed by atoms with Gasteiger partial charge in [0, 0.05) is 31.1 Å². The highest BCUT2D eigenvalue weighted by Gasteiger charge is 2.25. The van der Waals surface area contributed by atoms with Gasteiger partial charge in [-0.2, -0.15) is 0 Å². The number of aromatic nitrogens is 3. The summed E-state index contributed by atoms with van der Waals surface area (Å²) in [4.78, 5) is 38.4. The average molecular weight is 378 g/mol. The van der Waals surface area contributed by atoms with Gasteiger partial charge in [0.25, 0.3) is 11.5 Å². The maximum atomic E-state index is 13.0. The third kappa shape index (κ3) is 3.80. The van der Waals surface area contributed by atoms with E-state index in [9.17, 15) is 9.59 Å². The van der Waals surface area contributed by atoms with E-state index in [0.717, 1.165) is 29.3 Å². The zero-order chi connectivity index (χ0) is 19.5. The smallest absolute Gasteiger partial charge is 0.274 e. The van der Waals surface area contributed by atoms with Gasteiger partial charge in [0.2, 0.25) is 0 Å². The first-order valence-electron chi connectivity index (χ1n) is 9.40. The van der Waals surface area contributed by atoms with Gasteiger partial charge in [-0.1, -0.05) is 18.2 Å². The molecule has 1 amide bonds. The van der Waals surface area contributed by atoms with Gasteiger partial charge in [-0.3, -0.25) is 14.6 Å². The van der Waals surface area contributed by atoms with Crippen LogP contribution < -0.4 is 5.56 Å². The van der Waals surface area contributed by atoms with Gasteiger partial charge in [0.1, 0.15) is 5.69 Å². The zero-order valence-corrected chi connectivity index (χ0v) is 15.7. The zero-order valence-electron chi connectivity index (χ0n) is 15.7. The third-order valence-electron chi connectivity index (χ3n) is 5.04. The summed E-state index contributed by atoms with van der Waals surface area (Å²) >= 11 is 0. The standard InChI is InChI=1S/C21H22N4O3/c1-14-4-2-5-15-10-16(20(26)24-19(14)15)12-25(13-17-6-3-9-28-17)21(27)18-11-22-7-8-23-18/h2,4-5,7-8,10-11,17H,3,6,9,12-13H2,1H3,(H,24,26)/t17-/m0/s1. The number of rotatable bonds is 5. The number of amides is 1. The minimum atomic E-state index is -0.257. The molecule has 28 heavy (non-hydrogen) atoms. The number of hydrogen-bond donors (Lipinski definition) is 1. The molecule has 0 aliphatic carbocycles. The number of H-pyrrole nitrogens is 1. The molecule has 0 radical (unpaired) electrons. The predicted octanol–water partition coefficient (Wildman–Crippen LogP) is 2.45. The van der Waals surface area contributed by atoms with Crippen molar-refractivity contribution in [3.8, 4) is 0 Å². The van der Waals surface area contributed by atoms with Crippen molar-refractivity contribution in [2.75, 3.05) is 13.2 Å². The molecule has 0 unspecified atom stereocenters.